The SMILES string of the molecule is CN1CCCN(Cc2ccc(-c3ccc(C(=O)NN)cc3)c(C#N)c2)CC1. The van der Waals surface area contributed by atoms with Crippen molar-refractivity contribution in [1.82, 2.24) is 15.2 Å². The second kappa shape index (κ2) is 8.78. The van der Waals surface area contributed by atoms with Crippen molar-refractivity contribution in [3.05, 3.63) is 59.2 Å². The predicted molar refractivity (Wildman–Crippen MR) is 106 cm³/mol. The van der Waals surface area contributed by atoms with Gasteiger partial charge in [0.1, 0.15) is 0 Å². The van der Waals surface area contributed by atoms with Crippen molar-refractivity contribution in [2.24, 2.45) is 5.84 Å². The minimum absolute atomic E-state index is 0.333. The van der Waals surface area contributed by atoms with Crippen LogP contribution in [0, 0.1) is 11.3 Å². The van der Waals surface area contributed by atoms with Crippen molar-refractivity contribution in [2.45, 2.75) is 13.0 Å². The Morgan fingerprint density at radius 3 is 2.63 bits per heavy atom. The smallest absolute Gasteiger partial charge is 0.265 e. The van der Waals surface area contributed by atoms with Gasteiger partial charge in [-0.15, -0.1) is 0 Å². The van der Waals surface area contributed by atoms with Gasteiger partial charge in [-0.2, -0.15) is 5.26 Å². The Bertz CT molecular complexity index is 841. The van der Waals surface area contributed by atoms with Gasteiger partial charge in [0, 0.05) is 25.2 Å². The summed E-state index contributed by atoms with van der Waals surface area (Å²) in [4.78, 5) is 16.4. The van der Waals surface area contributed by atoms with Crippen LogP contribution in [-0.2, 0) is 6.54 Å². The second-order valence-electron chi connectivity index (χ2n) is 6.98. The molecule has 0 bridgehead atoms. The Hall–Kier alpha value is -2.72. The van der Waals surface area contributed by atoms with E-state index in [2.05, 4.69) is 34.4 Å². The number of nitrogens with one attached hydrogen (secondary N) is 1. The molecule has 2 aromatic rings. The average Bonchev–Trinajstić information content (AvgIpc) is 2.91. The van der Waals surface area contributed by atoms with E-state index >= 15 is 0 Å². The summed E-state index contributed by atoms with van der Waals surface area (Å²) in [5.74, 6) is 4.83. The third kappa shape index (κ3) is 4.72. The molecule has 6 nitrogen and oxygen atoms in total. The maximum atomic E-state index is 11.6. The minimum atomic E-state index is -0.333. The fourth-order valence-electron chi connectivity index (χ4n) is 3.43. The summed E-state index contributed by atoms with van der Waals surface area (Å²) in [7, 11) is 2.16. The van der Waals surface area contributed by atoms with Gasteiger partial charge in [0.05, 0.1) is 11.6 Å². The van der Waals surface area contributed by atoms with Crippen LogP contribution in [0.2, 0.25) is 0 Å². The molecule has 0 spiro atoms. The number of benzene rings is 2. The molecule has 0 aromatic heterocycles. The van der Waals surface area contributed by atoms with Crippen LogP contribution in [0.5, 0.6) is 0 Å². The highest BCUT2D eigenvalue weighted by molar-refractivity contribution is 5.94. The number of carbonyl (C=O) groups excluding carboxylic acids is 1. The molecular weight excluding hydrogens is 338 g/mol. The highest BCUT2D eigenvalue weighted by Gasteiger charge is 2.14. The Balaban J connectivity index is 1.78. The summed E-state index contributed by atoms with van der Waals surface area (Å²) < 4.78 is 0. The van der Waals surface area contributed by atoms with Crippen LogP contribution in [0.15, 0.2) is 42.5 Å². The highest BCUT2D eigenvalue weighted by atomic mass is 16.2. The molecular formula is C21H25N5O. The number of nitriles is 1. The van der Waals surface area contributed by atoms with Crippen LogP contribution in [0.3, 0.4) is 0 Å². The lowest BCUT2D eigenvalue weighted by atomic mass is 9.97. The molecule has 27 heavy (non-hydrogen) atoms. The molecule has 2 aromatic carbocycles. The zero-order chi connectivity index (χ0) is 19.2. The maximum absolute atomic E-state index is 11.6. The quantitative estimate of drug-likeness (QED) is 0.493. The molecule has 0 saturated carbocycles. The van der Waals surface area contributed by atoms with Crippen LogP contribution >= 0.6 is 0 Å². The average molecular weight is 363 g/mol. The molecule has 1 fully saturated rings. The van der Waals surface area contributed by atoms with E-state index in [1.54, 1.807) is 12.1 Å². The van der Waals surface area contributed by atoms with Crippen LogP contribution in [-0.4, -0.2) is 48.9 Å². The van der Waals surface area contributed by atoms with Crippen LogP contribution in [0.25, 0.3) is 11.1 Å². The normalized spacial score (nSPS) is 15.7. The Morgan fingerprint density at radius 1 is 1.15 bits per heavy atom. The number of hydrazine groups is 1. The first-order valence-electron chi connectivity index (χ1n) is 9.16. The van der Waals surface area contributed by atoms with Gasteiger partial charge in [-0.05, 0) is 61.4 Å². The lowest BCUT2D eigenvalue weighted by Gasteiger charge is -2.20. The molecule has 0 radical (unpaired) electrons. The highest BCUT2D eigenvalue weighted by Crippen LogP contribution is 2.25. The van der Waals surface area contributed by atoms with Gasteiger partial charge < -0.3 is 4.90 Å². The molecule has 1 aliphatic rings. The minimum Gasteiger partial charge on any atom is -0.305 e. The number of nitrogens with zero attached hydrogens (tertiary/aromatic N) is 3. The molecule has 140 valence electrons. The summed E-state index contributed by atoms with van der Waals surface area (Å²) >= 11 is 0. The zero-order valence-corrected chi connectivity index (χ0v) is 15.6. The van der Waals surface area contributed by atoms with Crippen molar-refractivity contribution in [3.63, 3.8) is 0 Å². The molecule has 1 amide bonds. The van der Waals surface area contributed by atoms with Crippen molar-refractivity contribution < 1.29 is 4.79 Å². The molecule has 1 aliphatic heterocycles. The standard InChI is InChI=1S/C21H25N5O/c1-25-9-2-10-26(12-11-25)15-16-3-8-20(19(13-16)14-22)17-4-6-18(7-5-17)21(27)24-23/h3-8,13H,2,9-12,15,23H2,1H3,(H,24,27). The summed E-state index contributed by atoms with van der Waals surface area (Å²) in [5.41, 5.74) is 6.18. The number of hydrogen-bond acceptors (Lipinski definition) is 5. The third-order valence-corrected chi connectivity index (χ3v) is 5.01. The largest absolute Gasteiger partial charge is 0.305 e. The van der Waals surface area contributed by atoms with Crippen molar-refractivity contribution in [2.75, 3.05) is 33.2 Å². The first-order valence-corrected chi connectivity index (χ1v) is 9.16. The zero-order valence-electron chi connectivity index (χ0n) is 15.6. The molecule has 6 heteroatoms. The number of carbonyl (C=O) groups is 1. The van der Waals surface area contributed by atoms with Gasteiger partial charge in [-0.3, -0.25) is 15.1 Å². The van der Waals surface area contributed by atoms with Gasteiger partial charge in [0.25, 0.3) is 5.91 Å². The fourth-order valence-corrected chi connectivity index (χ4v) is 3.43. The second-order valence-corrected chi connectivity index (χ2v) is 6.98. The number of hydrogen-bond donors (Lipinski definition) is 2. The maximum Gasteiger partial charge on any atom is 0.265 e. The molecule has 1 heterocycles. The van der Waals surface area contributed by atoms with E-state index in [9.17, 15) is 10.1 Å². The monoisotopic (exact) mass is 363 g/mol. The number of nitrogen functional groups attached to an aromatic ring is 1. The summed E-state index contributed by atoms with van der Waals surface area (Å²) in [6.07, 6.45) is 1.17. The third-order valence-electron chi connectivity index (χ3n) is 5.01. The first-order chi connectivity index (χ1) is 13.1. The number of rotatable bonds is 4. The Labute approximate surface area is 160 Å². The summed E-state index contributed by atoms with van der Waals surface area (Å²) in [6.45, 7) is 5.20. The van der Waals surface area contributed by atoms with E-state index in [1.165, 1.54) is 6.42 Å². The van der Waals surface area contributed by atoms with Gasteiger partial charge in [-0.25, -0.2) is 5.84 Å². The van der Waals surface area contributed by atoms with Gasteiger partial charge in [0.15, 0.2) is 0 Å². The van der Waals surface area contributed by atoms with Crippen LogP contribution in [0.4, 0.5) is 0 Å². The van der Waals surface area contributed by atoms with Gasteiger partial charge in [0.2, 0.25) is 0 Å². The summed E-state index contributed by atoms with van der Waals surface area (Å²) in [5, 5.41) is 9.62. The Morgan fingerprint density at radius 2 is 1.93 bits per heavy atom. The molecule has 1 saturated heterocycles. The number of nitrogens with two attached hydrogens (primary N) is 1. The van der Waals surface area contributed by atoms with E-state index in [0.29, 0.717) is 11.1 Å². The molecule has 0 atom stereocenters. The lowest BCUT2D eigenvalue weighted by Crippen LogP contribution is -2.29. The number of likely N-dealkylation sites (N-methyl/N-ethyl adjacent to an activating group) is 1. The van der Waals surface area contributed by atoms with Crippen LogP contribution < -0.4 is 11.3 Å². The molecule has 0 unspecified atom stereocenters. The van der Waals surface area contributed by atoms with Crippen LogP contribution in [0.1, 0.15) is 27.9 Å². The van der Waals surface area contributed by atoms with Crippen molar-refractivity contribution >= 4 is 5.91 Å². The molecule has 0 aliphatic carbocycles. The van der Waals surface area contributed by atoms with E-state index < -0.39 is 0 Å². The number of amides is 1. The van der Waals surface area contributed by atoms with E-state index in [4.69, 9.17) is 5.84 Å². The van der Waals surface area contributed by atoms with Crippen molar-refractivity contribution in [3.8, 4) is 17.2 Å². The van der Waals surface area contributed by atoms with E-state index in [1.807, 2.05) is 24.3 Å². The van der Waals surface area contributed by atoms with Gasteiger partial charge >= 0.3 is 0 Å². The van der Waals surface area contributed by atoms with E-state index in [0.717, 1.165) is 49.4 Å². The molecule has 3 rings (SSSR count). The summed E-state index contributed by atoms with van der Waals surface area (Å²) in [6, 6.07) is 15.5. The van der Waals surface area contributed by atoms with Gasteiger partial charge in [-0.1, -0.05) is 24.3 Å². The fraction of sp³-hybridized carbons (Fsp3) is 0.333. The predicted octanol–water partition coefficient (Wildman–Crippen LogP) is 1.97. The first kappa shape index (κ1) is 19.1. The Kier molecular flexibility index (Phi) is 6.20. The lowest BCUT2D eigenvalue weighted by molar-refractivity contribution is 0.0953. The van der Waals surface area contributed by atoms with Crippen molar-refractivity contribution in [1.29, 1.82) is 5.26 Å². The topological polar surface area (TPSA) is 85.4 Å². The van der Waals surface area contributed by atoms with E-state index in [-0.39, 0.29) is 5.91 Å². The molecule has 3 N–H and O–H groups in total.